The van der Waals surface area contributed by atoms with E-state index >= 15 is 0 Å². The van der Waals surface area contributed by atoms with Crippen LogP contribution in [0.3, 0.4) is 0 Å². The molecule has 2 aromatic carbocycles. The van der Waals surface area contributed by atoms with Crippen molar-refractivity contribution >= 4 is 29.0 Å². The number of benzene rings is 2. The van der Waals surface area contributed by atoms with Crippen molar-refractivity contribution in [1.82, 2.24) is 15.3 Å². The van der Waals surface area contributed by atoms with Gasteiger partial charge in [0.2, 0.25) is 12.3 Å². The molecule has 4 N–H and O–H groups in total. The second-order valence-corrected chi connectivity index (χ2v) is 10.4. The first-order valence-electron chi connectivity index (χ1n) is 12.8. The Morgan fingerprint density at radius 1 is 1.07 bits per heavy atom. The van der Waals surface area contributed by atoms with Crippen molar-refractivity contribution in [2.75, 3.05) is 10.6 Å². The van der Waals surface area contributed by atoms with Crippen LogP contribution in [0.2, 0.25) is 0 Å². The number of carbonyl (C=O) groups is 2. The Kier molecular flexibility index (Phi) is 7.34. The molecule has 1 aliphatic heterocycles. The van der Waals surface area contributed by atoms with Gasteiger partial charge >= 0.3 is 0 Å². The Bertz CT molecular complexity index is 1530. The molecule has 1 aliphatic rings. The van der Waals surface area contributed by atoms with Crippen LogP contribution in [0.1, 0.15) is 47.8 Å². The molecule has 4 aromatic rings. The van der Waals surface area contributed by atoms with Crippen LogP contribution in [-0.2, 0) is 11.2 Å². The molecule has 0 radical (unpaired) electrons. The lowest BCUT2D eigenvalue weighted by molar-refractivity contribution is -0.118. The number of rotatable bonds is 8. The van der Waals surface area contributed by atoms with E-state index in [2.05, 4.69) is 25.9 Å². The number of halogens is 3. The van der Waals surface area contributed by atoms with Gasteiger partial charge in [-0.3, -0.25) is 9.59 Å². The van der Waals surface area contributed by atoms with Crippen LogP contribution in [0.25, 0.3) is 11.3 Å². The smallest absolute Gasteiger partial charge is 0.255 e. The number of nitrogens with zero attached hydrogens (tertiary/aromatic N) is 1. The van der Waals surface area contributed by atoms with Gasteiger partial charge in [0.05, 0.1) is 22.9 Å². The third-order valence-electron chi connectivity index (χ3n) is 6.72. The minimum Gasteiger partial charge on any atom is -0.356 e. The molecule has 0 bridgehead atoms. The molecule has 0 saturated heterocycles. The number of fused-ring (bicyclic) bond motifs is 1. The van der Waals surface area contributed by atoms with Crippen molar-refractivity contribution in [3.8, 4) is 11.3 Å². The monoisotopic (exact) mass is 547 g/mol. The number of anilines is 3. The molecule has 0 spiro atoms. The van der Waals surface area contributed by atoms with Crippen LogP contribution in [-0.4, -0.2) is 33.7 Å². The van der Waals surface area contributed by atoms with Gasteiger partial charge in [0.25, 0.3) is 5.91 Å². The van der Waals surface area contributed by atoms with Gasteiger partial charge in [-0.05, 0) is 55.8 Å². The number of para-hydroxylation sites is 1. The SMILES string of the molecule is CC1(C)Cc2[nH]c(-c3ccnc(NC(=O)[C@@H](CC(F)F)c4ccc(F)cc4)c3)c(Nc3ccccc3)c2C(=O)N1. The summed E-state index contributed by atoms with van der Waals surface area (Å²) in [5.41, 5.74) is 3.66. The number of hydrogen-bond acceptors (Lipinski definition) is 4. The molecule has 10 heteroatoms. The summed E-state index contributed by atoms with van der Waals surface area (Å²) in [6.45, 7) is 3.88. The number of H-pyrrole nitrogens is 1. The lowest BCUT2D eigenvalue weighted by atomic mass is 9.91. The lowest BCUT2D eigenvalue weighted by Gasteiger charge is -2.30. The predicted octanol–water partition coefficient (Wildman–Crippen LogP) is 6.40. The number of aromatic nitrogens is 2. The number of pyridine rings is 1. The highest BCUT2D eigenvalue weighted by Gasteiger charge is 2.35. The zero-order valence-electron chi connectivity index (χ0n) is 21.9. The summed E-state index contributed by atoms with van der Waals surface area (Å²) in [5.74, 6) is -2.49. The largest absolute Gasteiger partial charge is 0.356 e. The Hall–Kier alpha value is -4.60. The molecule has 5 rings (SSSR count). The van der Waals surface area contributed by atoms with E-state index in [0.717, 1.165) is 23.5 Å². The highest BCUT2D eigenvalue weighted by molar-refractivity contribution is 6.07. The molecule has 1 atom stereocenters. The Balaban J connectivity index is 1.50. The van der Waals surface area contributed by atoms with Crippen molar-refractivity contribution in [3.05, 3.63) is 95.6 Å². The maximum Gasteiger partial charge on any atom is 0.255 e. The second kappa shape index (κ2) is 10.9. The third kappa shape index (κ3) is 5.85. The fraction of sp³-hybridized carbons (Fsp3) is 0.233. The van der Waals surface area contributed by atoms with E-state index in [9.17, 15) is 22.8 Å². The number of nitrogens with one attached hydrogen (secondary N) is 4. The summed E-state index contributed by atoms with van der Waals surface area (Å²) in [7, 11) is 0. The van der Waals surface area contributed by atoms with Crippen LogP contribution < -0.4 is 16.0 Å². The minimum absolute atomic E-state index is 0.145. The van der Waals surface area contributed by atoms with E-state index in [1.807, 2.05) is 44.2 Å². The van der Waals surface area contributed by atoms with Crippen LogP contribution in [0.15, 0.2) is 72.9 Å². The number of hydrogen-bond donors (Lipinski definition) is 4. The van der Waals surface area contributed by atoms with Crippen LogP contribution in [0, 0.1) is 5.82 Å². The van der Waals surface area contributed by atoms with E-state index in [1.165, 1.54) is 18.3 Å². The molecule has 0 aliphatic carbocycles. The topological polar surface area (TPSA) is 98.9 Å². The first-order valence-corrected chi connectivity index (χ1v) is 12.8. The van der Waals surface area contributed by atoms with Gasteiger partial charge in [-0.2, -0.15) is 0 Å². The summed E-state index contributed by atoms with van der Waals surface area (Å²) in [6, 6.07) is 17.6. The van der Waals surface area contributed by atoms with Gasteiger partial charge in [0.15, 0.2) is 0 Å². The first kappa shape index (κ1) is 27.0. The molecular weight excluding hydrogens is 519 g/mol. The summed E-state index contributed by atoms with van der Waals surface area (Å²) in [6.07, 6.45) is -1.41. The van der Waals surface area contributed by atoms with Gasteiger partial charge in [-0.15, -0.1) is 0 Å². The van der Waals surface area contributed by atoms with E-state index in [4.69, 9.17) is 0 Å². The van der Waals surface area contributed by atoms with Crippen LogP contribution >= 0.6 is 0 Å². The Labute approximate surface area is 229 Å². The fourth-order valence-electron chi connectivity index (χ4n) is 4.93. The van der Waals surface area contributed by atoms with Gasteiger partial charge in [-0.25, -0.2) is 18.2 Å². The lowest BCUT2D eigenvalue weighted by Crippen LogP contribution is -2.49. The van der Waals surface area contributed by atoms with E-state index in [1.54, 1.807) is 12.1 Å². The molecule has 206 valence electrons. The predicted molar refractivity (Wildman–Crippen MR) is 147 cm³/mol. The maximum atomic E-state index is 13.4. The van der Waals surface area contributed by atoms with Crippen LogP contribution in [0.5, 0.6) is 0 Å². The van der Waals surface area contributed by atoms with E-state index in [0.29, 0.717) is 28.9 Å². The summed E-state index contributed by atoms with van der Waals surface area (Å²) in [4.78, 5) is 33.9. The van der Waals surface area contributed by atoms with Gasteiger partial charge < -0.3 is 20.9 Å². The number of amides is 2. The molecular formula is C30H28F3N5O2. The van der Waals surface area contributed by atoms with Crippen molar-refractivity contribution in [2.24, 2.45) is 0 Å². The summed E-state index contributed by atoms with van der Waals surface area (Å²) in [5, 5.41) is 9.02. The van der Waals surface area contributed by atoms with Gasteiger partial charge in [0, 0.05) is 41.5 Å². The molecule has 2 amide bonds. The maximum absolute atomic E-state index is 13.4. The van der Waals surface area contributed by atoms with Gasteiger partial charge in [0.1, 0.15) is 11.6 Å². The van der Waals surface area contributed by atoms with E-state index in [-0.39, 0.29) is 17.3 Å². The number of aromatic amines is 1. The quantitative estimate of drug-likeness (QED) is 0.205. The van der Waals surface area contributed by atoms with Crippen molar-refractivity contribution in [3.63, 3.8) is 0 Å². The number of carbonyl (C=O) groups excluding carboxylic acids is 2. The Morgan fingerprint density at radius 2 is 1.80 bits per heavy atom. The van der Waals surface area contributed by atoms with Crippen molar-refractivity contribution < 1.29 is 22.8 Å². The van der Waals surface area contributed by atoms with Crippen molar-refractivity contribution in [2.45, 2.75) is 44.6 Å². The zero-order chi connectivity index (χ0) is 28.4. The summed E-state index contributed by atoms with van der Waals surface area (Å²) >= 11 is 0. The standard InChI is InChI=1S/C30H28F3N5O2/c1-30(2)16-22-25(29(40)38-30)27(35-20-6-4-3-5-7-20)26(36-22)18-12-13-34-24(14-18)37-28(39)21(15-23(32)33)17-8-10-19(31)11-9-17/h3-14,21,23,35-36H,15-16H2,1-2H3,(H,38,40)(H,34,37,39)/t21-/m0/s1. The molecule has 0 fully saturated rings. The minimum atomic E-state index is -2.74. The molecule has 40 heavy (non-hydrogen) atoms. The average molecular weight is 548 g/mol. The summed E-state index contributed by atoms with van der Waals surface area (Å²) < 4.78 is 40.1. The molecule has 0 saturated carbocycles. The highest BCUT2D eigenvalue weighted by Crippen LogP contribution is 2.39. The third-order valence-corrected chi connectivity index (χ3v) is 6.72. The van der Waals surface area contributed by atoms with Gasteiger partial charge in [-0.1, -0.05) is 30.3 Å². The number of alkyl halides is 2. The fourth-order valence-corrected chi connectivity index (χ4v) is 4.93. The molecule has 0 unspecified atom stereocenters. The molecule has 2 aromatic heterocycles. The highest BCUT2D eigenvalue weighted by atomic mass is 19.3. The Morgan fingerprint density at radius 3 is 2.50 bits per heavy atom. The molecule has 3 heterocycles. The average Bonchev–Trinajstić information content (AvgIpc) is 3.25. The first-order chi connectivity index (χ1) is 19.1. The zero-order valence-corrected chi connectivity index (χ0v) is 21.9. The normalized spacial score (nSPS) is 14.8. The van der Waals surface area contributed by atoms with E-state index < -0.39 is 36.0 Å². The second-order valence-electron chi connectivity index (χ2n) is 10.4. The van der Waals surface area contributed by atoms with Crippen LogP contribution in [0.4, 0.5) is 30.4 Å². The van der Waals surface area contributed by atoms with Crippen molar-refractivity contribution in [1.29, 1.82) is 0 Å². The molecule has 7 nitrogen and oxygen atoms in total.